The van der Waals surface area contributed by atoms with Crippen molar-refractivity contribution in [1.29, 1.82) is 0 Å². The number of hydrogen-bond donors (Lipinski definition) is 0. The maximum absolute atomic E-state index is 8.90. The Labute approximate surface area is 45.3 Å². The van der Waals surface area contributed by atoms with E-state index >= 15 is 0 Å². The van der Waals surface area contributed by atoms with Gasteiger partial charge in [-0.2, -0.15) is 0 Å². The topological polar surface area (TPSA) is 34.1 Å². The first kappa shape index (κ1) is 9.31. The molecule has 0 aromatic carbocycles. The standard InChI is InChI=1S/2ClH.2O.Ti/h2*1H;;;/q;;;;+1/p-1. The molecular weight excluding hydrogens is 151 g/mol. The zero-order chi connectivity index (χ0) is 3.58. The molecule has 0 unspecified atom stereocenters. The Morgan fingerprint density at radius 3 is 1.40 bits per heavy atom. The summed E-state index contributed by atoms with van der Waals surface area (Å²) in [6.07, 6.45) is 0. The molecule has 0 fully saturated rings. The summed E-state index contributed by atoms with van der Waals surface area (Å²) in [5.74, 6) is 0. The van der Waals surface area contributed by atoms with E-state index in [1.165, 1.54) is 0 Å². The second-order valence-corrected chi connectivity index (χ2v) is 2.25. The fourth-order valence-electron chi connectivity index (χ4n) is 0. The van der Waals surface area contributed by atoms with Crippen molar-refractivity contribution in [2.75, 3.05) is 0 Å². The molecule has 5 heteroatoms. The molecule has 0 atom stereocenters. The van der Waals surface area contributed by atoms with Crippen LogP contribution in [0.25, 0.3) is 0 Å². The van der Waals surface area contributed by atoms with Gasteiger partial charge < -0.3 is 0 Å². The first-order valence-electron chi connectivity index (χ1n) is 0.597. The van der Waals surface area contributed by atoms with Crippen LogP contribution in [0.1, 0.15) is 0 Å². The number of halogens is 2. The van der Waals surface area contributed by atoms with Gasteiger partial charge >= 0.3 is 32.7 Å². The first-order valence-corrected chi connectivity index (χ1v) is 4.02. The molecule has 0 amide bonds. The van der Waals surface area contributed by atoms with Gasteiger partial charge in [0, 0.05) is 0 Å². The fourth-order valence-corrected chi connectivity index (χ4v) is 0. The van der Waals surface area contributed by atoms with Crippen molar-refractivity contribution >= 4 is 21.7 Å². The normalized spacial score (nSPS) is 5.00. The summed E-state index contributed by atoms with van der Waals surface area (Å²) in [6, 6.07) is 0. The van der Waals surface area contributed by atoms with Gasteiger partial charge in [0.05, 0.1) is 0 Å². The third kappa shape index (κ3) is 51.3. The van der Waals surface area contributed by atoms with E-state index in [4.69, 9.17) is 6.65 Å². The Balaban J connectivity index is 0. The predicted octanol–water partition coefficient (Wildman–Crippen LogP) is 0.871. The van der Waals surface area contributed by atoms with Crippen LogP contribution in [0.5, 0.6) is 0 Å². The van der Waals surface area contributed by atoms with Crippen LogP contribution in [0.2, 0.25) is 0 Å². The molecule has 0 saturated heterocycles. The predicted molar refractivity (Wildman–Crippen MR) is 14.5 cm³/mol. The molecule has 5 heavy (non-hydrogen) atoms. The van der Waals surface area contributed by atoms with Gasteiger partial charge in [0.2, 0.25) is 0 Å². The van der Waals surface area contributed by atoms with Crippen molar-refractivity contribution in [2.24, 2.45) is 0 Å². The Hall–Kier alpha value is 0.894. The first-order chi connectivity index (χ1) is 1.73. The quantitative estimate of drug-likeness (QED) is 0.482. The minimum absolute atomic E-state index is 0. The maximum atomic E-state index is 8.90. The van der Waals surface area contributed by atoms with Crippen molar-refractivity contribution in [3.05, 3.63) is 0 Å². The van der Waals surface area contributed by atoms with E-state index in [9.17, 15) is 0 Å². The molecule has 0 radical (unpaired) electrons. The Morgan fingerprint density at radius 1 is 1.40 bits per heavy atom. The van der Waals surface area contributed by atoms with Gasteiger partial charge in [-0.05, 0) is 0 Å². The van der Waals surface area contributed by atoms with Crippen LogP contribution in [0.15, 0.2) is 0 Å². The van der Waals surface area contributed by atoms with Gasteiger partial charge in [0.1, 0.15) is 0 Å². The molecule has 0 N–H and O–H groups in total. The van der Waals surface area contributed by atoms with Crippen LogP contribution >= 0.6 is 21.7 Å². The molecule has 0 aromatic rings. The van der Waals surface area contributed by atoms with Crippen molar-refractivity contribution in [3.8, 4) is 0 Å². The van der Waals surface area contributed by atoms with Crippen molar-refractivity contribution in [2.45, 2.75) is 0 Å². The van der Waals surface area contributed by atoms with Gasteiger partial charge in [-0.3, -0.25) is 0 Å². The van der Waals surface area contributed by atoms with E-state index in [-0.39, 0.29) is 12.4 Å². The van der Waals surface area contributed by atoms with Gasteiger partial charge in [0.15, 0.2) is 0 Å². The van der Waals surface area contributed by atoms with Gasteiger partial charge in [-0.25, -0.2) is 0 Å². The minimum atomic E-state index is -3.36. The molecule has 0 spiro atoms. The molecule has 0 aliphatic heterocycles. The summed E-state index contributed by atoms with van der Waals surface area (Å²) in [7, 11) is 4.33. The Morgan fingerprint density at radius 2 is 1.40 bits per heavy atom. The van der Waals surface area contributed by atoms with E-state index < -0.39 is 16.7 Å². The summed E-state index contributed by atoms with van der Waals surface area (Å²) in [4.78, 5) is 0. The molecule has 0 bridgehead atoms. The Kier molecular flexibility index (Phi) is 9.11. The van der Waals surface area contributed by atoms with Gasteiger partial charge in [0.25, 0.3) is 0 Å². The van der Waals surface area contributed by atoms with Crippen LogP contribution in [0.3, 0.4) is 0 Å². The SMILES string of the molecule is Cl.[O]=[Ti](=[O])[Cl]. The number of hydrogen-bond acceptors (Lipinski definition) is 2. The van der Waals surface area contributed by atoms with E-state index in [2.05, 4.69) is 9.30 Å². The van der Waals surface area contributed by atoms with Crippen LogP contribution in [-0.2, 0) is 23.4 Å². The molecule has 31 valence electrons. The fraction of sp³-hybridized carbons (Fsp3) is 0. The second kappa shape index (κ2) is 4.89. The third-order valence-electron chi connectivity index (χ3n) is 0. The summed E-state index contributed by atoms with van der Waals surface area (Å²) >= 11 is -3.36. The second-order valence-electron chi connectivity index (χ2n) is 0.238. The summed E-state index contributed by atoms with van der Waals surface area (Å²) < 4.78 is 17.8. The van der Waals surface area contributed by atoms with Gasteiger partial charge in [-0.15, -0.1) is 12.4 Å². The van der Waals surface area contributed by atoms with E-state index in [0.717, 1.165) is 0 Å². The summed E-state index contributed by atoms with van der Waals surface area (Å²) in [5, 5.41) is 0. The van der Waals surface area contributed by atoms with Crippen LogP contribution in [0, 0.1) is 0 Å². The van der Waals surface area contributed by atoms with E-state index in [1.807, 2.05) is 0 Å². The van der Waals surface area contributed by atoms with Crippen LogP contribution in [0.4, 0.5) is 0 Å². The molecule has 0 aliphatic carbocycles. The average Bonchev–Trinajstić information content (AvgIpc) is 0.811. The van der Waals surface area contributed by atoms with Crippen molar-refractivity contribution in [1.82, 2.24) is 0 Å². The third-order valence-corrected chi connectivity index (χ3v) is 0. The number of rotatable bonds is 0. The molecule has 2 nitrogen and oxygen atoms in total. The molecular formula is HCl2O2Ti. The molecule has 0 rings (SSSR count). The van der Waals surface area contributed by atoms with E-state index in [1.54, 1.807) is 0 Å². The monoisotopic (exact) mass is 151 g/mol. The van der Waals surface area contributed by atoms with Crippen LogP contribution in [-0.4, -0.2) is 0 Å². The summed E-state index contributed by atoms with van der Waals surface area (Å²) in [6.45, 7) is 0. The summed E-state index contributed by atoms with van der Waals surface area (Å²) in [5.41, 5.74) is 0. The zero-order valence-corrected chi connectivity index (χ0v) is 5.24. The average molecular weight is 152 g/mol. The molecule has 0 saturated carbocycles. The molecule has 0 heterocycles. The van der Waals surface area contributed by atoms with Crippen molar-refractivity contribution < 1.29 is 23.4 Å². The zero-order valence-electron chi connectivity index (χ0n) is 2.10. The van der Waals surface area contributed by atoms with E-state index in [0.29, 0.717) is 0 Å². The molecule has 0 aliphatic rings. The Bertz CT molecular complexity index is 56.0. The van der Waals surface area contributed by atoms with Crippen molar-refractivity contribution in [3.63, 3.8) is 0 Å². The van der Waals surface area contributed by atoms with Crippen LogP contribution < -0.4 is 0 Å². The molecule has 0 aromatic heterocycles. The van der Waals surface area contributed by atoms with Gasteiger partial charge in [-0.1, -0.05) is 0 Å².